The molecule has 204 valence electrons. The number of aliphatic hydroxyl groups excluding tert-OH is 1. The van der Waals surface area contributed by atoms with Crippen molar-refractivity contribution in [3.63, 3.8) is 0 Å². The minimum absolute atomic E-state index is 0.0349. The summed E-state index contributed by atoms with van der Waals surface area (Å²) in [5.41, 5.74) is 1.10. The minimum Gasteiger partial charge on any atom is -0.507 e. The Bertz CT molecular complexity index is 1170. The van der Waals surface area contributed by atoms with Crippen molar-refractivity contribution < 1.29 is 33.6 Å². The van der Waals surface area contributed by atoms with Gasteiger partial charge in [-0.2, -0.15) is 0 Å². The Balaban J connectivity index is 1.75. The van der Waals surface area contributed by atoms with Crippen LogP contribution in [0.15, 0.2) is 48.0 Å². The second-order valence-electron chi connectivity index (χ2n) is 9.99. The zero-order valence-corrected chi connectivity index (χ0v) is 22.6. The summed E-state index contributed by atoms with van der Waals surface area (Å²) >= 11 is 0. The van der Waals surface area contributed by atoms with E-state index in [1.165, 1.54) is 4.90 Å². The summed E-state index contributed by atoms with van der Waals surface area (Å²) in [5.74, 6) is 0.611. The first kappa shape index (κ1) is 27.5. The van der Waals surface area contributed by atoms with Crippen molar-refractivity contribution in [1.82, 2.24) is 4.90 Å². The monoisotopic (exact) mass is 523 g/mol. The Morgan fingerprint density at radius 3 is 2.50 bits per heavy atom. The van der Waals surface area contributed by atoms with Crippen LogP contribution in [0.2, 0.25) is 0 Å². The maximum atomic E-state index is 13.4. The van der Waals surface area contributed by atoms with E-state index in [4.69, 9.17) is 18.9 Å². The normalized spacial score (nSPS) is 20.8. The van der Waals surface area contributed by atoms with E-state index in [1.54, 1.807) is 43.5 Å². The van der Waals surface area contributed by atoms with Crippen molar-refractivity contribution in [3.8, 4) is 17.2 Å². The molecule has 1 N–H and O–H groups in total. The van der Waals surface area contributed by atoms with E-state index < -0.39 is 17.7 Å². The van der Waals surface area contributed by atoms with Gasteiger partial charge in [0.2, 0.25) is 0 Å². The molecule has 0 aromatic heterocycles. The van der Waals surface area contributed by atoms with Crippen molar-refractivity contribution >= 4 is 17.4 Å². The lowest BCUT2D eigenvalue weighted by Crippen LogP contribution is -2.36. The van der Waals surface area contributed by atoms with Gasteiger partial charge in [0.25, 0.3) is 11.7 Å². The average molecular weight is 524 g/mol. The van der Waals surface area contributed by atoms with Crippen molar-refractivity contribution in [2.45, 2.75) is 52.2 Å². The molecule has 0 unspecified atom stereocenters. The predicted molar refractivity (Wildman–Crippen MR) is 144 cm³/mol. The molecule has 8 nitrogen and oxygen atoms in total. The van der Waals surface area contributed by atoms with E-state index in [1.807, 2.05) is 13.0 Å². The van der Waals surface area contributed by atoms with Crippen LogP contribution in [0.1, 0.15) is 57.2 Å². The number of nitrogens with zero attached hydrogens (tertiary/aromatic N) is 1. The van der Waals surface area contributed by atoms with Crippen molar-refractivity contribution in [2.24, 2.45) is 5.92 Å². The topological polar surface area (TPSA) is 94.5 Å². The number of amides is 1. The molecule has 2 aromatic rings. The summed E-state index contributed by atoms with van der Waals surface area (Å²) in [5, 5.41) is 11.3. The molecule has 0 saturated carbocycles. The first-order valence-corrected chi connectivity index (χ1v) is 13.3. The van der Waals surface area contributed by atoms with Gasteiger partial charge in [-0.25, -0.2) is 0 Å². The molecule has 4 rings (SSSR count). The van der Waals surface area contributed by atoms with Crippen LogP contribution >= 0.6 is 0 Å². The molecular formula is C30H37NO7. The lowest BCUT2D eigenvalue weighted by molar-refractivity contribution is -0.140. The zero-order valence-electron chi connectivity index (χ0n) is 22.6. The highest BCUT2D eigenvalue weighted by Gasteiger charge is 2.47. The molecule has 0 radical (unpaired) electrons. The molecule has 2 heterocycles. The number of hydrogen-bond donors (Lipinski definition) is 1. The molecule has 2 fully saturated rings. The summed E-state index contributed by atoms with van der Waals surface area (Å²) in [7, 11) is 1.55. The number of carbonyl (C=O) groups is 2. The summed E-state index contributed by atoms with van der Waals surface area (Å²) in [4.78, 5) is 28.1. The lowest BCUT2D eigenvalue weighted by atomic mass is 9.94. The third-order valence-electron chi connectivity index (χ3n) is 6.86. The first-order chi connectivity index (χ1) is 18.3. The first-order valence-electron chi connectivity index (χ1n) is 13.3. The van der Waals surface area contributed by atoms with Crippen LogP contribution in [-0.4, -0.2) is 61.3 Å². The maximum Gasteiger partial charge on any atom is 0.295 e. The zero-order chi connectivity index (χ0) is 27.2. The molecule has 2 atom stereocenters. The molecular weight excluding hydrogens is 486 g/mol. The van der Waals surface area contributed by atoms with Crippen molar-refractivity contribution in [3.05, 3.63) is 59.2 Å². The van der Waals surface area contributed by atoms with E-state index in [0.717, 1.165) is 19.3 Å². The Morgan fingerprint density at radius 1 is 1.11 bits per heavy atom. The van der Waals surface area contributed by atoms with Crippen LogP contribution in [-0.2, 0) is 14.3 Å². The van der Waals surface area contributed by atoms with Crippen LogP contribution in [0, 0.1) is 5.92 Å². The predicted octanol–water partition coefficient (Wildman–Crippen LogP) is 5.12. The number of aliphatic hydroxyl groups is 1. The van der Waals surface area contributed by atoms with E-state index in [-0.39, 0.29) is 24.0 Å². The van der Waals surface area contributed by atoms with Gasteiger partial charge < -0.3 is 29.0 Å². The summed E-state index contributed by atoms with van der Waals surface area (Å²) in [6.07, 6.45) is 2.44. The number of hydrogen-bond acceptors (Lipinski definition) is 7. The number of methoxy groups -OCH3 is 1. The SMILES string of the molecule is CCOc1ccc(C(O)=C2C(=O)C(=O)N(C[C@H]3CCCO3)[C@H]2c2ccc(OCCC(C)C)c(OC)c2)cc1. The molecule has 1 amide bonds. The molecule has 0 aliphatic carbocycles. The third-order valence-corrected chi connectivity index (χ3v) is 6.86. The van der Waals surface area contributed by atoms with Gasteiger partial charge in [-0.15, -0.1) is 0 Å². The van der Waals surface area contributed by atoms with Crippen molar-refractivity contribution in [2.75, 3.05) is 33.5 Å². The largest absolute Gasteiger partial charge is 0.507 e. The Morgan fingerprint density at radius 2 is 1.87 bits per heavy atom. The van der Waals surface area contributed by atoms with Crippen LogP contribution in [0.3, 0.4) is 0 Å². The number of ether oxygens (including phenoxy) is 4. The van der Waals surface area contributed by atoms with Gasteiger partial charge >= 0.3 is 0 Å². The van der Waals surface area contributed by atoms with Gasteiger partial charge in [0, 0.05) is 18.7 Å². The number of Topliss-reactive ketones (excluding diaryl/α,β-unsaturated/α-hetero) is 1. The summed E-state index contributed by atoms with van der Waals surface area (Å²) < 4.78 is 22.8. The average Bonchev–Trinajstić information content (AvgIpc) is 3.51. The molecule has 2 saturated heterocycles. The Kier molecular flexibility index (Phi) is 8.94. The highest BCUT2D eigenvalue weighted by atomic mass is 16.5. The summed E-state index contributed by atoms with van der Waals surface area (Å²) in [6.45, 7) is 8.09. The summed E-state index contributed by atoms with van der Waals surface area (Å²) in [6, 6.07) is 11.4. The van der Waals surface area contributed by atoms with E-state index in [2.05, 4.69) is 13.8 Å². The molecule has 2 aliphatic rings. The lowest BCUT2D eigenvalue weighted by Gasteiger charge is -2.28. The van der Waals surface area contributed by atoms with Crippen molar-refractivity contribution in [1.29, 1.82) is 0 Å². The van der Waals surface area contributed by atoms with Gasteiger partial charge in [0.1, 0.15) is 11.5 Å². The molecule has 2 aliphatic heterocycles. The number of rotatable bonds is 11. The number of carbonyl (C=O) groups excluding carboxylic acids is 2. The van der Waals surface area contributed by atoms with Crippen LogP contribution in [0.5, 0.6) is 17.2 Å². The van der Waals surface area contributed by atoms with Gasteiger partial charge in [0.15, 0.2) is 11.5 Å². The highest BCUT2D eigenvalue weighted by Crippen LogP contribution is 2.42. The van der Waals surface area contributed by atoms with E-state index in [9.17, 15) is 14.7 Å². The molecule has 38 heavy (non-hydrogen) atoms. The second-order valence-corrected chi connectivity index (χ2v) is 9.99. The second kappa shape index (κ2) is 12.3. The Labute approximate surface area is 224 Å². The third kappa shape index (κ3) is 5.96. The quantitative estimate of drug-likeness (QED) is 0.248. The number of likely N-dealkylation sites (tertiary alicyclic amines) is 1. The number of ketones is 1. The molecule has 8 heteroatoms. The molecule has 0 spiro atoms. The fraction of sp³-hybridized carbons (Fsp3) is 0.467. The van der Waals surface area contributed by atoms with Crippen LogP contribution in [0.4, 0.5) is 0 Å². The molecule has 2 aromatic carbocycles. The fourth-order valence-corrected chi connectivity index (χ4v) is 4.83. The molecule has 0 bridgehead atoms. The van der Waals surface area contributed by atoms with E-state index in [0.29, 0.717) is 54.1 Å². The van der Waals surface area contributed by atoms with Crippen LogP contribution in [0.25, 0.3) is 5.76 Å². The standard InChI is InChI=1S/C30H37NO7/c1-5-36-22-11-8-20(9-12-22)28(32)26-27(31(30(34)29(26)33)18-23-7-6-15-37-23)21-10-13-24(25(17-21)35-4)38-16-14-19(2)3/h8-13,17,19,23,27,32H,5-7,14-16,18H2,1-4H3/t23-,27+/m1/s1. The van der Waals surface area contributed by atoms with Gasteiger partial charge in [-0.05, 0) is 74.1 Å². The maximum absolute atomic E-state index is 13.4. The van der Waals surface area contributed by atoms with Crippen LogP contribution < -0.4 is 14.2 Å². The number of benzene rings is 2. The smallest absolute Gasteiger partial charge is 0.295 e. The minimum atomic E-state index is -0.801. The van der Waals surface area contributed by atoms with E-state index >= 15 is 0 Å². The highest BCUT2D eigenvalue weighted by molar-refractivity contribution is 6.46. The fourth-order valence-electron chi connectivity index (χ4n) is 4.83. The van der Waals surface area contributed by atoms with Gasteiger partial charge in [0.05, 0.1) is 38.0 Å². The Hall–Kier alpha value is -3.52. The van der Waals surface area contributed by atoms with Gasteiger partial charge in [-0.1, -0.05) is 19.9 Å². The van der Waals surface area contributed by atoms with Gasteiger partial charge in [-0.3, -0.25) is 9.59 Å².